The van der Waals surface area contributed by atoms with Crippen LogP contribution >= 0.6 is 23.2 Å². The first kappa shape index (κ1) is 11.2. The lowest BCUT2D eigenvalue weighted by atomic mass is 10.1. The largest absolute Gasteiger partial charge is 0.298 e. The number of aromatic nitrogens is 2. The first-order valence-corrected chi connectivity index (χ1v) is 5.31. The average Bonchev–Trinajstić information content (AvgIpc) is 2.63. The predicted octanol–water partition coefficient (Wildman–Crippen LogP) is 3.21. The van der Waals surface area contributed by atoms with Crippen molar-refractivity contribution in [1.82, 2.24) is 9.78 Å². The van der Waals surface area contributed by atoms with E-state index in [2.05, 4.69) is 5.10 Å². The summed E-state index contributed by atoms with van der Waals surface area (Å²) in [7, 11) is 1.74. The molecule has 0 spiro atoms. The van der Waals surface area contributed by atoms with Crippen molar-refractivity contribution < 1.29 is 4.79 Å². The summed E-state index contributed by atoms with van der Waals surface area (Å²) in [5.41, 5.74) is 1.70. The lowest BCUT2D eigenvalue weighted by molar-refractivity contribution is 0.112. The summed E-state index contributed by atoms with van der Waals surface area (Å²) in [4.78, 5) is 10.9. The molecule has 0 aliphatic carbocycles. The number of aldehydes is 1. The Kier molecular flexibility index (Phi) is 2.99. The zero-order valence-corrected chi connectivity index (χ0v) is 9.96. The number of hydrogen-bond acceptors (Lipinski definition) is 2. The van der Waals surface area contributed by atoms with Crippen molar-refractivity contribution in [2.24, 2.45) is 7.05 Å². The van der Waals surface area contributed by atoms with Crippen molar-refractivity contribution in [3.63, 3.8) is 0 Å². The van der Waals surface area contributed by atoms with Gasteiger partial charge in [-0.2, -0.15) is 5.10 Å². The van der Waals surface area contributed by atoms with E-state index < -0.39 is 0 Å². The molecular formula is C11H8Cl2N2O. The van der Waals surface area contributed by atoms with Crippen molar-refractivity contribution in [3.05, 3.63) is 40.0 Å². The van der Waals surface area contributed by atoms with Crippen LogP contribution in [0.1, 0.15) is 10.4 Å². The highest BCUT2D eigenvalue weighted by atomic mass is 35.5. The van der Waals surface area contributed by atoms with Crippen LogP contribution in [0.3, 0.4) is 0 Å². The van der Waals surface area contributed by atoms with E-state index in [1.54, 1.807) is 36.1 Å². The summed E-state index contributed by atoms with van der Waals surface area (Å²) in [6.45, 7) is 0. The van der Waals surface area contributed by atoms with E-state index in [4.69, 9.17) is 23.2 Å². The lowest BCUT2D eigenvalue weighted by Gasteiger charge is -2.02. The molecule has 0 amide bonds. The second-order valence-corrected chi connectivity index (χ2v) is 4.19. The maximum atomic E-state index is 10.9. The first-order chi connectivity index (χ1) is 7.61. The molecule has 0 atom stereocenters. The Morgan fingerprint density at radius 3 is 2.81 bits per heavy atom. The fourth-order valence-corrected chi connectivity index (χ4v) is 1.86. The molecule has 0 bridgehead atoms. The third-order valence-electron chi connectivity index (χ3n) is 2.17. The molecule has 0 unspecified atom stereocenters. The normalized spacial score (nSPS) is 10.4. The number of aryl methyl sites for hydroxylation is 1. The highest BCUT2D eigenvalue weighted by molar-refractivity contribution is 6.35. The second kappa shape index (κ2) is 4.28. The molecule has 0 saturated heterocycles. The Bertz CT molecular complexity index is 549. The lowest BCUT2D eigenvalue weighted by Crippen LogP contribution is -1.89. The van der Waals surface area contributed by atoms with E-state index in [1.807, 2.05) is 0 Å². The van der Waals surface area contributed by atoms with Gasteiger partial charge in [0.1, 0.15) is 5.69 Å². The van der Waals surface area contributed by atoms with E-state index in [1.165, 1.54) is 0 Å². The Balaban J connectivity index is 2.66. The number of hydrogen-bond donors (Lipinski definition) is 0. The summed E-state index contributed by atoms with van der Waals surface area (Å²) in [5, 5.41) is 5.27. The van der Waals surface area contributed by atoms with E-state index in [0.717, 1.165) is 6.29 Å². The van der Waals surface area contributed by atoms with Gasteiger partial charge in [0.05, 0.1) is 10.6 Å². The van der Waals surface area contributed by atoms with Gasteiger partial charge in [-0.15, -0.1) is 0 Å². The summed E-state index contributed by atoms with van der Waals surface area (Å²) in [6, 6.07) is 5.07. The van der Waals surface area contributed by atoms with Gasteiger partial charge in [-0.3, -0.25) is 9.48 Å². The fourth-order valence-electron chi connectivity index (χ4n) is 1.48. The number of carbonyl (C=O) groups excluding carboxylic acids is 1. The third kappa shape index (κ3) is 1.96. The maximum Gasteiger partial charge on any atom is 0.153 e. The summed E-state index contributed by atoms with van der Waals surface area (Å²) >= 11 is 11.9. The van der Waals surface area contributed by atoms with Crippen LogP contribution in [0.5, 0.6) is 0 Å². The van der Waals surface area contributed by atoms with E-state index in [9.17, 15) is 4.79 Å². The Morgan fingerprint density at radius 1 is 1.38 bits per heavy atom. The summed E-state index contributed by atoms with van der Waals surface area (Å²) < 4.78 is 1.57. The fraction of sp³-hybridized carbons (Fsp3) is 0.0909. The van der Waals surface area contributed by atoms with Gasteiger partial charge >= 0.3 is 0 Å². The van der Waals surface area contributed by atoms with Crippen LogP contribution in [0.25, 0.3) is 11.3 Å². The van der Waals surface area contributed by atoms with Gasteiger partial charge < -0.3 is 0 Å². The molecule has 0 saturated carbocycles. The summed E-state index contributed by atoms with van der Waals surface area (Å²) in [6.07, 6.45) is 2.39. The molecule has 1 aromatic heterocycles. The zero-order valence-electron chi connectivity index (χ0n) is 8.45. The molecule has 5 heteroatoms. The van der Waals surface area contributed by atoms with E-state index in [-0.39, 0.29) is 0 Å². The SMILES string of the molecule is Cn1cc(C=O)c(-c2cc(Cl)ccc2Cl)n1. The molecule has 2 aromatic rings. The highest BCUT2D eigenvalue weighted by Crippen LogP contribution is 2.30. The van der Waals surface area contributed by atoms with Gasteiger partial charge in [0.15, 0.2) is 6.29 Å². The smallest absolute Gasteiger partial charge is 0.153 e. The zero-order chi connectivity index (χ0) is 11.7. The molecular weight excluding hydrogens is 247 g/mol. The van der Waals surface area contributed by atoms with Gasteiger partial charge in [-0.05, 0) is 18.2 Å². The van der Waals surface area contributed by atoms with Crippen molar-refractivity contribution in [1.29, 1.82) is 0 Å². The molecule has 3 nitrogen and oxygen atoms in total. The maximum absolute atomic E-state index is 10.9. The van der Waals surface area contributed by atoms with Gasteiger partial charge in [-0.25, -0.2) is 0 Å². The van der Waals surface area contributed by atoms with Crippen molar-refractivity contribution >= 4 is 29.5 Å². The minimum Gasteiger partial charge on any atom is -0.298 e. The Hall–Kier alpha value is -1.32. The number of carbonyl (C=O) groups is 1. The van der Waals surface area contributed by atoms with Crippen LogP contribution < -0.4 is 0 Å². The van der Waals surface area contributed by atoms with Crippen LogP contribution in [-0.2, 0) is 7.05 Å². The quantitative estimate of drug-likeness (QED) is 0.772. The minimum absolute atomic E-state index is 0.492. The Labute approximate surface area is 103 Å². The monoisotopic (exact) mass is 254 g/mol. The van der Waals surface area contributed by atoms with Gasteiger partial charge in [-0.1, -0.05) is 23.2 Å². The van der Waals surface area contributed by atoms with Crippen molar-refractivity contribution in [2.45, 2.75) is 0 Å². The second-order valence-electron chi connectivity index (χ2n) is 3.35. The van der Waals surface area contributed by atoms with Crippen LogP contribution in [0.4, 0.5) is 0 Å². The number of halogens is 2. The molecule has 0 N–H and O–H groups in total. The van der Waals surface area contributed by atoms with Crippen LogP contribution in [-0.4, -0.2) is 16.1 Å². The molecule has 0 radical (unpaired) electrons. The highest BCUT2D eigenvalue weighted by Gasteiger charge is 2.12. The molecule has 2 rings (SSSR count). The van der Waals surface area contributed by atoms with Crippen molar-refractivity contribution in [2.75, 3.05) is 0 Å². The third-order valence-corrected chi connectivity index (χ3v) is 2.73. The number of nitrogens with zero attached hydrogens (tertiary/aromatic N) is 2. The number of rotatable bonds is 2. The molecule has 0 fully saturated rings. The van der Waals surface area contributed by atoms with E-state index in [0.29, 0.717) is 26.9 Å². The molecule has 16 heavy (non-hydrogen) atoms. The first-order valence-electron chi connectivity index (χ1n) is 4.56. The topological polar surface area (TPSA) is 34.9 Å². The number of benzene rings is 1. The predicted molar refractivity (Wildman–Crippen MR) is 64.1 cm³/mol. The minimum atomic E-state index is 0.492. The molecule has 1 heterocycles. The van der Waals surface area contributed by atoms with Gasteiger partial charge in [0.2, 0.25) is 0 Å². The van der Waals surface area contributed by atoms with Crippen LogP contribution in [0, 0.1) is 0 Å². The van der Waals surface area contributed by atoms with Gasteiger partial charge in [0.25, 0.3) is 0 Å². The molecule has 0 aliphatic rings. The standard InChI is InChI=1S/C11H8Cl2N2O/c1-15-5-7(6-16)11(14-15)9-4-8(12)2-3-10(9)13/h2-6H,1H3. The van der Waals surface area contributed by atoms with Gasteiger partial charge in [0, 0.05) is 23.8 Å². The van der Waals surface area contributed by atoms with Crippen LogP contribution in [0.2, 0.25) is 10.0 Å². The summed E-state index contributed by atoms with van der Waals surface area (Å²) in [5.74, 6) is 0. The van der Waals surface area contributed by atoms with E-state index >= 15 is 0 Å². The molecule has 82 valence electrons. The Morgan fingerprint density at radius 2 is 2.12 bits per heavy atom. The van der Waals surface area contributed by atoms with Crippen molar-refractivity contribution in [3.8, 4) is 11.3 Å². The average molecular weight is 255 g/mol. The molecule has 1 aromatic carbocycles. The molecule has 0 aliphatic heterocycles. The van der Waals surface area contributed by atoms with Crippen LogP contribution in [0.15, 0.2) is 24.4 Å².